The Labute approximate surface area is 284 Å². The molecule has 0 bridgehead atoms. The van der Waals surface area contributed by atoms with Crippen LogP contribution in [-0.4, -0.2) is 78.7 Å². The number of benzene rings is 1. The number of piperidine rings is 1. The summed E-state index contributed by atoms with van der Waals surface area (Å²) in [5.74, 6) is 0.526. The van der Waals surface area contributed by atoms with E-state index in [1.54, 1.807) is 12.4 Å². The maximum absolute atomic E-state index is 13.4. The molecule has 4 heterocycles. The summed E-state index contributed by atoms with van der Waals surface area (Å²) in [4.78, 5) is 20.1. The topological polar surface area (TPSA) is 137 Å². The van der Waals surface area contributed by atoms with Crippen LogP contribution < -0.4 is 14.8 Å². The number of nitrogens with zero attached hydrogens (tertiary/aromatic N) is 4. The first-order valence-corrected chi connectivity index (χ1v) is 18.2. The lowest BCUT2D eigenvalue weighted by atomic mass is 9.59. The second-order valence-electron chi connectivity index (χ2n) is 15.0. The number of hydrogen-bond donors (Lipinski definition) is 2. The van der Waals surface area contributed by atoms with Crippen LogP contribution in [0.5, 0.6) is 5.88 Å². The number of aryl methyl sites for hydroxylation is 1. The second-order valence-corrected chi connectivity index (χ2v) is 16.6. The third kappa shape index (κ3) is 7.12. The van der Waals surface area contributed by atoms with E-state index >= 15 is 0 Å². The Hall–Kier alpha value is -3.46. The highest BCUT2D eigenvalue weighted by Crippen LogP contribution is 2.45. The molecule has 258 valence electrons. The minimum absolute atomic E-state index is 0.0933. The molecule has 14 heteroatoms. The molecule has 0 saturated carbocycles. The molecule has 2 fully saturated rings. The lowest BCUT2D eigenvalue weighted by molar-refractivity contribution is 0.00578. The summed E-state index contributed by atoms with van der Waals surface area (Å²) in [6.07, 6.45) is 7.85. The summed E-state index contributed by atoms with van der Waals surface area (Å²) in [6.45, 7) is 14.2. The highest BCUT2D eigenvalue weighted by Gasteiger charge is 2.56. The minimum Gasteiger partial charge on any atom is -0.474 e. The van der Waals surface area contributed by atoms with Crippen LogP contribution >= 0.6 is 0 Å². The van der Waals surface area contributed by atoms with Gasteiger partial charge in [0.05, 0.1) is 16.9 Å². The molecular weight excluding hydrogens is 631 g/mol. The monoisotopic (exact) mass is 678 g/mol. The zero-order valence-corrected chi connectivity index (χ0v) is 29.8. The molecule has 2 N–H and O–H groups in total. The van der Waals surface area contributed by atoms with Crippen molar-refractivity contribution in [2.24, 2.45) is 0 Å². The fourth-order valence-electron chi connectivity index (χ4n) is 6.51. The molecule has 2 amide bonds. The quantitative estimate of drug-likeness (QED) is 0.290. The van der Waals surface area contributed by atoms with E-state index in [0.29, 0.717) is 18.1 Å². The Morgan fingerprint density at radius 3 is 2.50 bits per heavy atom. The highest BCUT2D eigenvalue weighted by molar-refractivity contribution is 7.90. The summed E-state index contributed by atoms with van der Waals surface area (Å²) in [6, 6.07) is 8.31. The Morgan fingerprint density at radius 2 is 1.79 bits per heavy atom. The number of ether oxygens (including phenoxy) is 1. The number of hydrogen-bond acceptors (Lipinski definition) is 9. The molecule has 48 heavy (non-hydrogen) atoms. The van der Waals surface area contributed by atoms with Crippen molar-refractivity contribution in [3.63, 3.8) is 0 Å². The van der Waals surface area contributed by atoms with Crippen molar-refractivity contribution in [2.75, 3.05) is 25.5 Å². The van der Waals surface area contributed by atoms with Gasteiger partial charge in [-0.3, -0.25) is 4.68 Å². The van der Waals surface area contributed by atoms with E-state index in [9.17, 15) is 13.2 Å². The summed E-state index contributed by atoms with van der Waals surface area (Å²) < 4.78 is 49.1. The number of likely N-dealkylation sites (tertiary alicyclic amines) is 1. The number of rotatable bonds is 9. The lowest BCUT2D eigenvalue weighted by Gasteiger charge is -2.32. The van der Waals surface area contributed by atoms with E-state index < -0.39 is 39.7 Å². The number of anilines is 1. The van der Waals surface area contributed by atoms with Gasteiger partial charge in [-0.15, -0.1) is 0 Å². The van der Waals surface area contributed by atoms with Crippen LogP contribution in [0.25, 0.3) is 11.1 Å². The molecule has 2 aliphatic heterocycles. The number of pyridine rings is 1. The molecule has 1 aromatic carbocycles. The van der Waals surface area contributed by atoms with Gasteiger partial charge in [-0.2, -0.15) is 13.5 Å². The van der Waals surface area contributed by atoms with Crippen molar-refractivity contribution in [2.45, 2.75) is 108 Å². The summed E-state index contributed by atoms with van der Waals surface area (Å²) in [5, 5.41) is 6.39. The van der Waals surface area contributed by atoms with Crippen molar-refractivity contribution in [1.29, 1.82) is 0 Å². The van der Waals surface area contributed by atoms with Crippen LogP contribution in [0, 0.1) is 0 Å². The zero-order chi connectivity index (χ0) is 34.5. The van der Waals surface area contributed by atoms with Crippen LogP contribution in [0.15, 0.2) is 47.8 Å². The fraction of sp³-hybridized carbons (Fsp3) is 0.559. The third-order valence-corrected chi connectivity index (χ3v) is 11.3. The average molecular weight is 679 g/mol. The van der Waals surface area contributed by atoms with Crippen LogP contribution in [-0.2, 0) is 38.7 Å². The molecule has 3 aromatic rings. The van der Waals surface area contributed by atoms with E-state index in [0.717, 1.165) is 67.4 Å². The number of urea groups is 1. The molecule has 0 spiro atoms. The van der Waals surface area contributed by atoms with E-state index in [-0.39, 0.29) is 11.1 Å². The minimum atomic E-state index is -4.28. The summed E-state index contributed by atoms with van der Waals surface area (Å²) >= 11 is 0. The van der Waals surface area contributed by atoms with Gasteiger partial charge in [0, 0.05) is 49.0 Å². The Balaban J connectivity index is 1.16. The highest BCUT2D eigenvalue weighted by atomic mass is 32.2. The fourth-order valence-corrected chi connectivity index (χ4v) is 7.36. The molecule has 0 unspecified atom stereocenters. The molecule has 3 aliphatic rings. The number of sulfonamides is 1. The van der Waals surface area contributed by atoms with Gasteiger partial charge in [0.25, 0.3) is 10.0 Å². The van der Waals surface area contributed by atoms with Crippen LogP contribution in [0.2, 0.25) is 5.31 Å². The largest absolute Gasteiger partial charge is 0.474 e. The normalized spacial score (nSPS) is 19.7. The second kappa shape index (κ2) is 12.8. The molecular formula is C34H47BN6O6S. The summed E-state index contributed by atoms with van der Waals surface area (Å²) in [7, 11) is -2.69. The number of nitrogens with one attached hydrogen (secondary N) is 2. The average Bonchev–Trinajstić information content (AvgIpc) is 3.72. The van der Waals surface area contributed by atoms with Crippen molar-refractivity contribution in [3.05, 3.63) is 53.9 Å². The first-order valence-electron chi connectivity index (χ1n) is 16.7. The van der Waals surface area contributed by atoms with Crippen molar-refractivity contribution < 1.29 is 27.3 Å². The number of aromatic nitrogens is 3. The van der Waals surface area contributed by atoms with Gasteiger partial charge in [-0.1, -0.05) is 26.0 Å². The first kappa shape index (κ1) is 34.4. The van der Waals surface area contributed by atoms with Gasteiger partial charge in [-0.05, 0) is 95.7 Å². The van der Waals surface area contributed by atoms with Gasteiger partial charge in [0.1, 0.15) is 6.10 Å². The van der Waals surface area contributed by atoms with Crippen LogP contribution in [0.4, 0.5) is 10.5 Å². The molecule has 2 aromatic heterocycles. The number of carbonyl (C=O) groups is 1. The van der Waals surface area contributed by atoms with Gasteiger partial charge in [-0.25, -0.2) is 14.5 Å². The molecule has 2 saturated heterocycles. The first-order chi connectivity index (χ1) is 22.5. The van der Waals surface area contributed by atoms with Crippen molar-refractivity contribution in [3.8, 4) is 17.0 Å². The lowest BCUT2D eigenvalue weighted by Crippen LogP contribution is -2.41. The maximum Gasteiger partial charge on any atom is 0.465 e. The number of fused-ring (bicyclic) bond motifs is 1. The molecule has 0 radical (unpaired) electrons. The van der Waals surface area contributed by atoms with Gasteiger partial charge in [0.15, 0.2) is 5.03 Å². The Bertz CT molecular complexity index is 1770. The Morgan fingerprint density at radius 1 is 1.08 bits per heavy atom. The number of carbonyl (C=O) groups excluding carboxylic acids is 1. The van der Waals surface area contributed by atoms with Crippen molar-refractivity contribution in [1.82, 2.24) is 24.4 Å². The SMILES string of the molecule is CN1CCC(Oc2cc(-c3ccc4c(c3NC(=O)NS(=O)(=O)c3ccn(CC(C)(C)B5OC(C)(C)C(C)(C)O5)n3)CCC4)ccn2)CC1. The van der Waals surface area contributed by atoms with Gasteiger partial charge in [0.2, 0.25) is 5.88 Å². The Kier molecular flexibility index (Phi) is 9.16. The molecule has 0 atom stereocenters. The zero-order valence-electron chi connectivity index (χ0n) is 29.0. The van der Waals surface area contributed by atoms with Gasteiger partial charge >= 0.3 is 13.1 Å². The van der Waals surface area contributed by atoms with Gasteiger partial charge < -0.3 is 24.3 Å². The third-order valence-electron chi connectivity index (χ3n) is 10.1. The smallest absolute Gasteiger partial charge is 0.465 e. The number of amides is 2. The van der Waals surface area contributed by atoms with Crippen molar-refractivity contribution >= 4 is 28.9 Å². The van der Waals surface area contributed by atoms with E-state index in [1.807, 2.05) is 59.7 Å². The van der Waals surface area contributed by atoms with E-state index in [4.69, 9.17) is 14.0 Å². The standard InChI is InChI=1S/C34H47BN6O6S/c1-32(2,35-46-33(3,4)34(5,6)47-35)22-41-20-16-29(38-41)48(43,44)39-31(42)37-30-26-10-8-9-23(26)11-12-27(30)24-13-17-36-28(21-24)45-25-14-18-40(7)19-15-25/h11-13,16-17,20-21,25H,8-10,14-15,18-19,22H2,1-7H3,(H2,37,39,42). The molecule has 12 nitrogen and oxygen atoms in total. The predicted molar refractivity (Wildman–Crippen MR) is 185 cm³/mol. The molecule has 6 rings (SSSR count). The molecule has 1 aliphatic carbocycles. The van der Waals surface area contributed by atoms with E-state index in [1.165, 1.54) is 10.7 Å². The summed E-state index contributed by atoms with van der Waals surface area (Å²) in [5.41, 5.74) is 3.33. The van der Waals surface area contributed by atoms with E-state index in [2.05, 4.69) is 38.1 Å². The van der Waals surface area contributed by atoms with Crippen LogP contribution in [0.1, 0.15) is 71.9 Å². The van der Waals surface area contributed by atoms with Crippen LogP contribution in [0.3, 0.4) is 0 Å². The maximum atomic E-state index is 13.4. The predicted octanol–water partition coefficient (Wildman–Crippen LogP) is 5.29.